The van der Waals surface area contributed by atoms with E-state index in [2.05, 4.69) is 18.9 Å². The molecule has 1 heterocycles. The minimum Gasteiger partial charge on any atom is -0.395 e. The molecule has 0 aliphatic carbocycles. The van der Waals surface area contributed by atoms with E-state index in [1.807, 2.05) is 0 Å². The third-order valence-corrected chi connectivity index (χ3v) is 2.94. The molecule has 1 amide bonds. The van der Waals surface area contributed by atoms with Crippen molar-refractivity contribution in [3.63, 3.8) is 0 Å². The number of aliphatic hydroxyl groups is 1. The van der Waals surface area contributed by atoms with Crippen LogP contribution in [0.25, 0.3) is 0 Å². The van der Waals surface area contributed by atoms with Crippen LogP contribution in [0.2, 0.25) is 0 Å². The summed E-state index contributed by atoms with van der Waals surface area (Å²) < 4.78 is 1.61. The summed E-state index contributed by atoms with van der Waals surface area (Å²) in [6.45, 7) is 4.46. The van der Waals surface area contributed by atoms with Gasteiger partial charge in [-0.15, -0.1) is 0 Å². The third-order valence-electron chi connectivity index (χ3n) is 2.94. The van der Waals surface area contributed by atoms with Crippen molar-refractivity contribution in [2.45, 2.75) is 32.7 Å². The molecule has 1 N–H and O–H groups in total. The van der Waals surface area contributed by atoms with Crippen molar-refractivity contribution in [2.24, 2.45) is 7.05 Å². The minimum atomic E-state index is -0.0548. The van der Waals surface area contributed by atoms with Gasteiger partial charge in [-0.25, -0.2) is 0 Å². The average Bonchev–Trinajstić information content (AvgIpc) is 2.75. The molecule has 0 saturated carbocycles. The predicted octanol–water partition coefficient (Wildman–Crippen LogP) is 1.04. The van der Waals surface area contributed by atoms with Gasteiger partial charge in [0.1, 0.15) is 0 Å². The zero-order valence-corrected chi connectivity index (χ0v) is 10.8. The largest absolute Gasteiger partial charge is 0.395 e. The molecule has 0 radical (unpaired) electrons. The molecule has 1 aromatic heterocycles. The smallest absolute Gasteiger partial charge is 0.257 e. The molecule has 1 rings (SSSR count). The molecule has 0 aromatic carbocycles. The molecule has 0 aliphatic rings. The Morgan fingerprint density at radius 3 is 2.59 bits per heavy atom. The normalized spacial score (nSPS) is 10.9. The number of rotatable bonds is 6. The maximum atomic E-state index is 12.3. The highest BCUT2D eigenvalue weighted by Crippen LogP contribution is 2.12. The molecule has 5 heteroatoms. The Labute approximate surface area is 102 Å². The summed E-state index contributed by atoms with van der Waals surface area (Å²) in [6, 6.07) is 0.176. The molecule has 0 bridgehead atoms. The monoisotopic (exact) mass is 239 g/mol. The van der Waals surface area contributed by atoms with Gasteiger partial charge in [0.15, 0.2) is 0 Å². The Morgan fingerprint density at radius 2 is 2.18 bits per heavy atom. The zero-order valence-electron chi connectivity index (χ0n) is 10.8. The van der Waals surface area contributed by atoms with Gasteiger partial charge in [0.05, 0.1) is 18.4 Å². The van der Waals surface area contributed by atoms with Crippen molar-refractivity contribution in [3.8, 4) is 0 Å². The Hall–Kier alpha value is -1.36. The Morgan fingerprint density at radius 1 is 1.53 bits per heavy atom. The lowest BCUT2D eigenvalue weighted by atomic mass is 10.1. The molecule has 17 heavy (non-hydrogen) atoms. The molecule has 96 valence electrons. The average molecular weight is 239 g/mol. The second-order valence-corrected chi connectivity index (χ2v) is 4.10. The van der Waals surface area contributed by atoms with Crippen molar-refractivity contribution in [1.82, 2.24) is 14.7 Å². The van der Waals surface area contributed by atoms with Gasteiger partial charge in [-0.3, -0.25) is 9.48 Å². The van der Waals surface area contributed by atoms with Crippen LogP contribution < -0.4 is 0 Å². The van der Waals surface area contributed by atoms with E-state index in [0.717, 1.165) is 12.8 Å². The lowest BCUT2D eigenvalue weighted by Gasteiger charge is -2.29. The van der Waals surface area contributed by atoms with Gasteiger partial charge < -0.3 is 10.0 Å². The number of amides is 1. The highest BCUT2D eigenvalue weighted by atomic mass is 16.3. The van der Waals surface area contributed by atoms with E-state index in [1.54, 1.807) is 29.0 Å². The third kappa shape index (κ3) is 3.30. The Balaban J connectivity index is 2.86. The summed E-state index contributed by atoms with van der Waals surface area (Å²) in [5, 5.41) is 13.1. The number of hydrogen-bond donors (Lipinski definition) is 1. The van der Waals surface area contributed by atoms with Crippen molar-refractivity contribution in [3.05, 3.63) is 18.0 Å². The molecule has 1 aromatic rings. The summed E-state index contributed by atoms with van der Waals surface area (Å²) in [6.07, 6.45) is 5.05. The van der Waals surface area contributed by atoms with Gasteiger partial charge >= 0.3 is 0 Å². The maximum Gasteiger partial charge on any atom is 0.257 e. The van der Waals surface area contributed by atoms with Crippen LogP contribution in [0, 0.1) is 0 Å². The van der Waals surface area contributed by atoms with E-state index in [4.69, 9.17) is 5.11 Å². The molecule has 0 unspecified atom stereocenters. The highest BCUT2D eigenvalue weighted by Gasteiger charge is 2.22. The first-order valence-electron chi connectivity index (χ1n) is 6.04. The van der Waals surface area contributed by atoms with E-state index < -0.39 is 0 Å². The number of aromatic nitrogens is 2. The number of hydrogen-bond acceptors (Lipinski definition) is 3. The molecule has 0 saturated heterocycles. The van der Waals surface area contributed by atoms with Crippen molar-refractivity contribution in [2.75, 3.05) is 13.2 Å². The van der Waals surface area contributed by atoms with Crippen LogP contribution >= 0.6 is 0 Å². The van der Waals surface area contributed by atoms with Gasteiger partial charge in [0.25, 0.3) is 5.91 Å². The standard InChI is InChI=1S/C12H21N3O2/c1-4-11(5-2)15(6-7-16)12(17)10-8-13-14(3)9-10/h8-9,11,16H,4-7H2,1-3H3. The van der Waals surface area contributed by atoms with Crippen molar-refractivity contribution < 1.29 is 9.90 Å². The van der Waals surface area contributed by atoms with Crippen LogP contribution in [-0.2, 0) is 7.05 Å². The topological polar surface area (TPSA) is 58.4 Å². The molecular formula is C12H21N3O2. The summed E-state index contributed by atoms with van der Waals surface area (Å²) in [4.78, 5) is 14.0. The second-order valence-electron chi connectivity index (χ2n) is 4.10. The predicted molar refractivity (Wildman–Crippen MR) is 65.7 cm³/mol. The van der Waals surface area contributed by atoms with Crippen LogP contribution in [0.3, 0.4) is 0 Å². The number of nitrogens with zero attached hydrogens (tertiary/aromatic N) is 3. The van der Waals surface area contributed by atoms with E-state index in [1.165, 1.54) is 0 Å². The quantitative estimate of drug-likeness (QED) is 0.807. The zero-order chi connectivity index (χ0) is 12.8. The SMILES string of the molecule is CCC(CC)N(CCO)C(=O)c1cnn(C)c1. The lowest BCUT2D eigenvalue weighted by molar-refractivity contribution is 0.0622. The number of aryl methyl sites for hydroxylation is 1. The van der Waals surface area contributed by atoms with Crippen LogP contribution in [0.5, 0.6) is 0 Å². The van der Waals surface area contributed by atoms with Gasteiger partial charge in [-0.05, 0) is 12.8 Å². The Bertz CT molecular complexity index is 358. The maximum absolute atomic E-state index is 12.3. The summed E-state index contributed by atoms with van der Waals surface area (Å²) in [5.74, 6) is -0.0548. The van der Waals surface area contributed by atoms with Gasteiger partial charge in [0.2, 0.25) is 0 Å². The fourth-order valence-electron chi connectivity index (χ4n) is 1.98. The van der Waals surface area contributed by atoms with Crippen molar-refractivity contribution in [1.29, 1.82) is 0 Å². The Kier molecular flexibility index (Phi) is 5.15. The molecule has 0 spiro atoms. The van der Waals surface area contributed by atoms with Gasteiger partial charge in [-0.2, -0.15) is 5.10 Å². The highest BCUT2D eigenvalue weighted by molar-refractivity contribution is 5.93. The van der Waals surface area contributed by atoms with E-state index in [9.17, 15) is 4.79 Å². The van der Waals surface area contributed by atoms with Crippen LogP contribution in [0.15, 0.2) is 12.4 Å². The first-order valence-corrected chi connectivity index (χ1v) is 6.04. The molecular weight excluding hydrogens is 218 g/mol. The fourth-order valence-corrected chi connectivity index (χ4v) is 1.98. The first kappa shape index (κ1) is 13.7. The number of aliphatic hydroxyl groups excluding tert-OH is 1. The number of carbonyl (C=O) groups is 1. The minimum absolute atomic E-state index is 0.0114. The molecule has 5 nitrogen and oxygen atoms in total. The summed E-state index contributed by atoms with van der Waals surface area (Å²) in [5.41, 5.74) is 0.577. The summed E-state index contributed by atoms with van der Waals surface area (Å²) >= 11 is 0. The first-order chi connectivity index (χ1) is 8.13. The van der Waals surface area contributed by atoms with Crippen LogP contribution in [-0.4, -0.2) is 44.9 Å². The summed E-state index contributed by atoms with van der Waals surface area (Å²) in [7, 11) is 1.78. The van der Waals surface area contributed by atoms with Crippen LogP contribution in [0.4, 0.5) is 0 Å². The molecule has 0 atom stereocenters. The fraction of sp³-hybridized carbons (Fsp3) is 0.667. The van der Waals surface area contributed by atoms with E-state index >= 15 is 0 Å². The lowest BCUT2D eigenvalue weighted by Crippen LogP contribution is -2.41. The number of carbonyl (C=O) groups excluding carboxylic acids is 1. The van der Waals surface area contributed by atoms with Gasteiger partial charge in [0, 0.05) is 25.8 Å². The molecule has 0 fully saturated rings. The van der Waals surface area contributed by atoms with Crippen molar-refractivity contribution >= 4 is 5.91 Å². The second kappa shape index (κ2) is 6.39. The van der Waals surface area contributed by atoms with E-state index in [-0.39, 0.29) is 18.6 Å². The molecule has 0 aliphatic heterocycles. The van der Waals surface area contributed by atoms with E-state index in [0.29, 0.717) is 12.1 Å². The van der Waals surface area contributed by atoms with Gasteiger partial charge in [-0.1, -0.05) is 13.8 Å². The van der Waals surface area contributed by atoms with Crippen LogP contribution in [0.1, 0.15) is 37.0 Å².